The van der Waals surface area contributed by atoms with Crippen LogP contribution in [0.2, 0.25) is 0 Å². The Morgan fingerprint density at radius 2 is 1.62 bits per heavy atom. The van der Waals surface area contributed by atoms with Crippen molar-refractivity contribution in [3.63, 3.8) is 0 Å². The van der Waals surface area contributed by atoms with Crippen LogP contribution in [0.15, 0.2) is 0 Å². The summed E-state index contributed by atoms with van der Waals surface area (Å²) in [6, 6.07) is 0.531. The first kappa shape index (κ1) is 16.3. The Labute approximate surface area is 106 Å². The van der Waals surface area contributed by atoms with Crippen LogP contribution in [0.5, 0.6) is 0 Å². The van der Waals surface area contributed by atoms with Crippen molar-refractivity contribution in [3.8, 4) is 0 Å². The molecule has 1 atom stereocenters. The van der Waals surface area contributed by atoms with E-state index >= 15 is 0 Å². The molecule has 0 saturated heterocycles. The number of hydrogen-bond acceptors (Lipinski definition) is 3. The third kappa shape index (κ3) is 10.8. The SMILES string of the molecule is CCCCCCCCCC(CCSC)NN. The minimum atomic E-state index is 0.531. The van der Waals surface area contributed by atoms with Gasteiger partial charge in [-0.05, 0) is 24.9 Å². The molecule has 0 saturated carbocycles. The van der Waals surface area contributed by atoms with Gasteiger partial charge in [-0.2, -0.15) is 11.8 Å². The molecule has 0 rings (SSSR count). The quantitative estimate of drug-likeness (QED) is 0.313. The summed E-state index contributed by atoms with van der Waals surface area (Å²) in [6.07, 6.45) is 14.3. The van der Waals surface area contributed by atoms with Crippen LogP contribution in [0.1, 0.15) is 64.7 Å². The van der Waals surface area contributed by atoms with E-state index < -0.39 is 0 Å². The van der Waals surface area contributed by atoms with Gasteiger partial charge in [-0.1, -0.05) is 51.9 Å². The van der Waals surface area contributed by atoms with Gasteiger partial charge in [-0.15, -0.1) is 0 Å². The second-order valence-electron chi connectivity index (χ2n) is 4.56. The normalized spacial score (nSPS) is 12.9. The van der Waals surface area contributed by atoms with E-state index in [1.807, 2.05) is 11.8 Å². The third-order valence-corrected chi connectivity index (χ3v) is 3.71. The smallest absolute Gasteiger partial charge is 0.0218 e. The highest BCUT2D eigenvalue weighted by Gasteiger charge is 2.04. The van der Waals surface area contributed by atoms with Gasteiger partial charge >= 0.3 is 0 Å². The fourth-order valence-electron chi connectivity index (χ4n) is 1.92. The Bertz CT molecular complexity index is 131. The highest BCUT2D eigenvalue weighted by Crippen LogP contribution is 2.11. The third-order valence-electron chi connectivity index (χ3n) is 3.06. The number of thioether (sulfide) groups is 1. The van der Waals surface area contributed by atoms with Crippen LogP contribution in [-0.2, 0) is 0 Å². The zero-order valence-electron chi connectivity index (χ0n) is 11.1. The summed E-state index contributed by atoms with van der Waals surface area (Å²) >= 11 is 1.90. The monoisotopic (exact) mass is 246 g/mol. The van der Waals surface area contributed by atoms with Crippen molar-refractivity contribution in [1.29, 1.82) is 0 Å². The molecule has 0 fully saturated rings. The summed E-state index contributed by atoms with van der Waals surface area (Å²) < 4.78 is 0. The Morgan fingerprint density at radius 1 is 1.00 bits per heavy atom. The topological polar surface area (TPSA) is 38.0 Å². The van der Waals surface area contributed by atoms with Crippen LogP contribution in [0.3, 0.4) is 0 Å². The first-order valence-corrected chi connectivity index (χ1v) is 8.19. The molecule has 3 N–H and O–H groups in total. The Balaban J connectivity index is 3.20. The molecule has 0 aliphatic rings. The van der Waals surface area contributed by atoms with Gasteiger partial charge in [0.25, 0.3) is 0 Å². The molecule has 0 radical (unpaired) electrons. The van der Waals surface area contributed by atoms with Crippen LogP contribution >= 0.6 is 11.8 Å². The van der Waals surface area contributed by atoms with Crippen LogP contribution in [0.4, 0.5) is 0 Å². The molecule has 0 heterocycles. The standard InChI is InChI=1S/C13H30N2S/c1-3-4-5-6-7-8-9-10-13(15-14)11-12-16-2/h13,15H,3-12,14H2,1-2H3. The van der Waals surface area contributed by atoms with Crippen LogP contribution in [0, 0.1) is 0 Å². The maximum Gasteiger partial charge on any atom is 0.0218 e. The lowest BCUT2D eigenvalue weighted by Gasteiger charge is -2.14. The van der Waals surface area contributed by atoms with Gasteiger partial charge in [0.2, 0.25) is 0 Å². The second kappa shape index (κ2) is 13.3. The predicted molar refractivity (Wildman–Crippen MR) is 76.7 cm³/mol. The van der Waals surface area contributed by atoms with E-state index in [0.29, 0.717) is 6.04 Å². The molecule has 1 unspecified atom stereocenters. The fraction of sp³-hybridized carbons (Fsp3) is 1.00. The molecule has 3 heteroatoms. The van der Waals surface area contributed by atoms with Crippen molar-refractivity contribution in [2.24, 2.45) is 5.84 Å². The van der Waals surface area contributed by atoms with E-state index in [0.717, 1.165) is 0 Å². The first-order valence-electron chi connectivity index (χ1n) is 6.80. The van der Waals surface area contributed by atoms with Crippen molar-refractivity contribution in [1.82, 2.24) is 5.43 Å². The van der Waals surface area contributed by atoms with Gasteiger partial charge in [-0.3, -0.25) is 11.3 Å². The number of rotatable bonds is 12. The van der Waals surface area contributed by atoms with Gasteiger partial charge in [0.05, 0.1) is 0 Å². The van der Waals surface area contributed by atoms with Crippen molar-refractivity contribution in [2.45, 2.75) is 70.8 Å². The van der Waals surface area contributed by atoms with Crippen LogP contribution < -0.4 is 11.3 Å². The number of hydrazine groups is 1. The first-order chi connectivity index (χ1) is 7.85. The van der Waals surface area contributed by atoms with E-state index in [-0.39, 0.29) is 0 Å². The molecule has 0 aliphatic heterocycles. The van der Waals surface area contributed by atoms with Crippen molar-refractivity contribution in [2.75, 3.05) is 12.0 Å². The van der Waals surface area contributed by atoms with E-state index in [9.17, 15) is 0 Å². The molecule has 0 amide bonds. The molecule has 2 nitrogen and oxygen atoms in total. The summed E-state index contributed by atoms with van der Waals surface area (Å²) in [5.41, 5.74) is 2.93. The van der Waals surface area contributed by atoms with E-state index in [1.54, 1.807) is 0 Å². The lowest BCUT2D eigenvalue weighted by Crippen LogP contribution is -2.35. The average Bonchev–Trinajstić information content (AvgIpc) is 2.32. The zero-order valence-corrected chi connectivity index (χ0v) is 12.0. The van der Waals surface area contributed by atoms with E-state index in [2.05, 4.69) is 18.6 Å². The number of hydrogen-bond donors (Lipinski definition) is 2. The highest BCUT2D eigenvalue weighted by molar-refractivity contribution is 7.98. The van der Waals surface area contributed by atoms with Crippen molar-refractivity contribution < 1.29 is 0 Å². The minimum Gasteiger partial charge on any atom is -0.271 e. The summed E-state index contributed by atoms with van der Waals surface area (Å²) in [5.74, 6) is 6.75. The van der Waals surface area contributed by atoms with Crippen molar-refractivity contribution in [3.05, 3.63) is 0 Å². The van der Waals surface area contributed by atoms with Gasteiger partial charge < -0.3 is 0 Å². The second-order valence-corrected chi connectivity index (χ2v) is 5.54. The Morgan fingerprint density at radius 3 is 2.19 bits per heavy atom. The predicted octanol–water partition coefficient (Wildman–Crippen LogP) is 3.71. The molecular formula is C13H30N2S. The molecular weight excluding hydrogens is 216 g/mol. The van der Waals surface area contributed by atoms with Gasteiger partial charge in [0, 0.05) is 6.04 Å². The Kier molecular flexibility index (Phi) is 13.6. The molecule has 0 aromatic heterocycles. The summed E-state index contributed by atoms with van der Waals surface area (Å²) in [5, 5.41) is 0. The molecule has 98 valence electrons. The lowest BCUT2D eigenvalue weighted by molar-refractivity contribution is 0.453. The average molecular weight is 246 g/mol. The number of unbranched alkanes of at least 4 members (excludes halogenated alkanes) is 6. The number of nitrogens with two attached hydrogens (primary N) is 1. The molecule has 0 aromatic carbocycles. The maximum absolute atomic E-state index is 5.53. The summed E-state index contributed by atoms with van der Waals surface area (Å²) in [7, 11) is 0. The van der Waals surface area contributed by atoms with Gasteiger partial charge in [0.1, 0.15) is 0 Å². The molecule has 0 spiro atoms. The molecule has 0 aliphatic carbocycles. The summed E-state index contributed by atoms with van der Waals surface area (Å²) in [6.45, 7) is 2.27. The van der Waals surface area contributed by atoms with E-state index in [4.69, 9.17) is 5.84 Å². The Hall–Kier alpha value is 0.270. The molecule has 0 bridgehead atoms. The minimum absolute atomic E-state index is 0.531. The molecule has 16 heavy (non-hydrogen) atoms. The van der Waals surface area contributed by atoms with Crippen LogP contribution in [-0.4, -0.2) is 18.1 Å². The van der Waals surface area contributed by atoms with Crippen molar-refractivity contribution >= 4 is 11.8 Å². The lowest BCUT2D eigenvalue weighted by atomic mass is 10.0. The highest BCUT2D eigenvalue weighted by atomic mass is 32.2. The fourth-order valence-corrected chi connectivity index (χ4v) is 2.44. The van der Waals surface area contributed by atoms with Gasteiger partial charge in [0.15, 0.2) is 0 Å². The van der Waals surface area contributed by atoms with E-state index in [1.165, 1.54) is 63.5 Å². The maximum atomic E-state index is 5.53. The molecule has 0 aromatic rings. The summed E-state index contributed by atoms with van der Waals surface area (Å²) in [4.78, 5) is 0. The van der Waals surface area contributed by atoms with Crippen LogP contribution in [0.25, 0.3) is 0 Å². The number of nitrogens with one attached hydrogen (secondary N) is 1. The zero-order chi connectivity index (χ0) is 12.1. The largest absolute Gasteiger partial charge is 0.271 e. The van der Waals surface area contributed by atoms with Gasteiger partial charge in [-0.25, -0.2) is 0 Å².